The quantitative estimate of drug-likeness (QED) is 0.794. The van der Waals surface area contributed by atoms with Crippen molar-refractivity contribution >= 4 is 24.0 Å². The van der Waals surface area contributed by atoms with Gasteiger partial charge in [0.05, 0.1) is 12.2 Å². The van der Waals surface area contributed by atoms with Crippen LogP contribution in [0.3, 0.4) is 0 Å². The van der Waals surface area contributed by atoms with Gasteiger partial charge in [-0.05, 0) is 38.1 Å². The lowest BCUT2D eigenvalue weighted by Crippen LogP contribution is -2.48. The third-order valence-corrected chi connectivity index (χ3v) is 2.86. The number of anilines is 1. The summed E-state index contributed by atoms with van der Waals surface area (Å²) in [5.41, 5.74) is 6.96. The minimum atomic E-state index is 0. The van der Waals surface area contributed by atoms with Crippen LogP contribution >= 0.6 is 12.4 Å². The molecule has 0 bridgehead atoms. The molecule has 1 aromatic carbocycles. The van der Waals surface area contributed by atoms with Crippen molar-refractivity contribution in [1.82, 2.24) is 4.90 Å². The lowest BCUT2D eigenvalue weighted by atomic mass is 10.1. The third kappa shape index (κ3) is 3.37. The number of hydrogen-bond donors (Lipinski definition) is 1. The van der Waals surface area contributed by atoms with Crippen LogP contribution in [0.2, 0.25) is 0 Å². The zero-order valence-electron chi connectivity index (χ0n) is 10.6. The molecule has 1 heterocycles. The van der Waals surface area contributed by atoms with E-state index in [0.29, 0.717) is 24.3 Å². The van der Waals surface area contributed by atoms with Crippen LogP contribution in [-0.2, 0) is 4.74 Å². The van der Waals surface area contributed by atoms with Crippen LogP contribution in [0.5, 0.6) is 0 Å². The van der Waals surface area contributed by atoms with Gasteiger partial charge in [-0.15, -0.1) is 12.4 Å². The maximum absolute atomic E-state index is 12.2. The molecule has 1 amide bonds. The van der Waals surface area contributed by atoms with Crippen molar-refractivity contribution in [1.29, 1.82) is 0 Å². The van der Waals surface area contributed by atoms with Crippen LogP contribution in [0.15, 0.2) is 24.3 Å². The Morgan fingerprint density at radius 3 is 2.22 bits per heavy atom. The lowest BCUT2D eigenvalue weighted by molar-refractivity contribution is -0.0586. The first-order chi connectivity index (χ1) is 8.06. The lowest BCUT2D eigenvalue weighted by Gasteiger charge is -2.35. The highest BCUT2D eigenvalue weighted by atomic mass is 35.5. The molecule has 2 unspecified atom stereocenters. The summed E-state index contributed by atoms with van der Waals surface area (Å²) in [6.45, 7) is 5.26. The molecule has 100 valence electrons. The molecule has 2 atom stereocenters. The van der Waals surface area contributed by atoms with E-state index in [9.17, 15) is 4.79 Å². The fourth-order valence-electron chi connectivity index (χ4n) is 2.15. The van der Waals surface area contributed by atoms with E-state index in [-0.39, 0.29) is 30.5 Å². The topological polar surface area (TPSA) is 55.6 Å². The van der Waals surface area contributed by atoms with Crippen molar-refractivity contribution in [2.75, 3.05) is 18.8 Å². The number of ether oxygens (including phenoxy) is 1. The van der Waals surface area contributed by atoms with E-state index < -0.39 is 0 Å². The summed E-state index contributed by atoms with van der Waals surface area (Å²) in [5, 5.41) is 0. The second kappa shape index (κ2) is 6.07. The smallest absolute Gasteiger partial charge is 0.254 e. The van der Waals surface area contributed by atoms with Gasteiger partial charge in [-0.1, -0.05) is 0 Å². The maximum atomic E-state index is 12.2. The van der Waals surface area contributed by atoms with E-state index in [1.807, 2.05) is 18.7 Å². The van der Waals surface area contributed by atoms with Gasteiger partial charge in [0.2, 0.25) is 0 Å². The summed E-state index contributed by atoms with van der Waals surface area (Å²) in [7, 11) is 0. The summed E-state index contributed by atoms with van der Waals surface area (Å²) in [4.78, 5) is 14.1. The van der Waals surface area contributed by atoms with Gasteiger partial charge in [0, 0.05) is 24.3 Å². The number of hydrogen-bond acceptors (Lipinski definition) is 3. The number of halogens is 1. The standard InChI is InChI=1S/C13H18N2O2.ClH/c1-9-7-15(8-10(2)17-9)13(16)11-3-5-12(14)6-4-11;/h3-6,9-10H,7-8,14H2,1-2H3;1H. The van der Waals surface area contributed by atoms with Crippen molar-refractivity contribution in [2.24, 2.45) is 0 Å². The number of morpholine rings is 1. The Bertz CT molecular complexity index is 398. The Balaban J connectivity index is 0.00000162. The Morgan fingerprint density at radius 1 is 1.22 bits per heavy atom. The van der Waals surface area contributed by atoms with Crippen molar-refractivity contribution in [3.05, 3.63) is 29.8 Å². The molecule has 4 nitrogen and oxygen atoms in total. The normalized spacial score (nSPS) is 23.3. The average Bonchev–Trinajstić information content (AvgIpc) is 2.28. The van der Waals surface area contributed by atoms with Gasteiger partial charge in [-0.3, -0.25) is 4.79 Å². The monoisotopic (exact) mass is 270 g/mol. The van der Waals surface area contributed by atoms with E-state index in [4.69, 9.17) is 10.5 Å². The van der Waals surface area contributed by atoms with Crippen LogP contribution in [0, 0.1) is 0 Å². The summed E-state index contributed by atoms with van der Waals surface area (Å²) in [5.74, 6) is 0.0481. The van der Waals surface area contributed by atoms with Gasteiger partial charge in [0.1, 0.15) is 0 Å². The number of nitrogen functional groups attached to an aromatic ring is 1. The molecular formula is C13H19ClN2O2. The van der Waals surface area contributed by atoms with Crippen LogP contribution < -0.4 is 5.73 Å². The number of carbonyl (C=O) groups excluding carboxylic acids is 1. The minimum Gasteiger partial charge on any atom is -0.399 e. The van der Waals surface area contributed by atoms with Crippen molar-refractivity contribution in [2.45, 2.75) is 26.1 Å². The van der Waals surface area contributed by atoms with Crippen LogP contribution in [0.4, 0.5) is 5.69 Å². The largest absolute Gasteiger partial charge is 0.399 e. The highest BCUT2D eigenvalue weighted by molar-refractivity contribution is 5.94. The number of carbonyl (C=O) groups is 1. The van der Waals surface area contributed by atoms with Gasteiger partial charge in [-0.2, -0.15) is 0 Å². The number of amides is 1. The van der Waals surface area contributed by atoms with Crippen LogP contribution in [-0.4, -0.2) is 36.1 Å². The molecule has 1 aliphatic heterocycles. The van der Waals surface area contributed by atoms with Crippen molar-refractivity contribution < 1.29 is 9.53 Å². The molecule has 0 aromatic heterocycles. The fourth-order valence-corrected chi connectivity index (χ4v) is 2.15. The second-order valence-corrected chi connectivity index (χ2v) is 4.59. The minimum absolute atomic E-state index is 0. The van der Waals surface area contributed by atoms with E-state index in [1.165, 1.54) is 0 Å². The number of nitrogens with zero attached hydrogens (tertiary/aromatic N) is 1. The summed E-state index contributed by atoms with van der Waals surface area (Å²) in [6.07, 6.45) is 0.188. The van der Waals surface area contributed by atoms with Gasteiger partial charge in [0.25, 0.3) is 5.91 Å². The molecular weight excluding hydrogens is 252 g/mol. The number of nitrogens with two attached hydrogens (primary N) is 1. The Morgan fingerprint density at radius 2 is 1.72 bits per heavy atom. The third-order valence-electron chi connectivity index (χ3n) is 2.86. The van der Waals surface area contributed by atoms with Crippen molar-refractivity contribution in [3.8, 4) is 0 Å². The Kier molecular flexibility index (Phi) is 4.99. The molecule has 0 saturated carbocycles. The van der Waals surface area contributed by atoms with E-state index in [1.54, 1.807) is 24.3 Å². The number of benzene rings is 1. The molecule has 1 saturated heterocycles. The maximum Gasteiger partial charge on any atom is 0.254 e. The van der Waals surface area contributed by atoms with Gasteiger partial charge in [0.15, 0.2) is 0 Å². The second-order valence-electron chi connectivity index (χ2n) is 4.59. The first-order valence-corrected chi connectivity index (χ1v) is 5.86. The highest BCUT2D eigenvalue weighted by Gasteiger charge is 2.26. The first kappa shape index (κ1) is 14.8. The van der Waals surface area contributed by atoms with Gasteiger partial charge >= 0.3 is 0 Å². The van der Waals surface area contributed by atoms with Gasteiger partial charge < -0.3 is 15.4 Å². The summed E-state index contributed by atoms with van der Waals surface area (Å²) in [6, 6.07) is 7.03. The van der Waals surface area contributed by atoms with E-state index in [0.717, 1.165) is 0 Å². The molecule has 0 spiro atoms. The SMILES string of the molecule is CC1CN(C(=O)c2ccc(N)cc2)CC(C)O1.Cl. The Hall–Kier alpha value is -1.26. The molecule has 0 aliphatic carbocycles. The number of rotatable bonds is 1. The summed E-state index contributed by atoms with van der Waals surface area (Å²) < 4.78 is 5.61. The van der Waals surface area contributed by atoms with Crippen LogP contribution in [0.1, 0.15) is 24.2 Å². The van der Waals surface area contributed by atoms with E-state index >= 15 is 0 Å². The predicted octanol–water partition coefficient (Wildman–Crippen LogP) is 1.94. The summed E-state index contributed by atoms with van der Waals surface area (Å²) >= 11 is 0. The highest BCUT2D eigenvalue weighted by Crippen LogP contribution is 2.15. The fraction of sp³-hybridized carbons (Fsp3) is 0.462. The van der Waals surface area contributed by atoms with Crippen molar-refractivity contribution in [3.63, 3.8) is 0 Å². The molecule has 1 fully saturated rings. The Labute approximate surface area is 114 Å². The molecule has 5 heteroatoms. The molecule has 2 N–H and O–H groups in total. The molecule has 2 rings (SSSR count). The predicted molar refractivity (Wildman–Crippen MR) is 74.0 cm³/mol. The van der Waals surface area contributed by atoms with Gasteiger partial charge in [-0.25, -0.2) is 0 Å². The molecule has 1 aliphatic rings. The van der Waals surface area contributed by atoms with E-state index in [2.05, 4.69) is 0 Å². The molecule has 0 radical (unpaired) electrons. The van der Waals surface area contributed by atoms with Crippen LogP contribution in [0.25, 0.3) is 0 Å². The molecule has 1 aromatic rings. The zero-order valence-corrected chi connectivity index (χ0v) is 11.4. The zero-order chi connectivity index (χ0) is 12.4. The average molecular weight is 271 g/mol. The molecule has 18 heavy (non-hydrogen) atoms. The first-order valence-electron chi connectivity index (χ1n) is 5.86.